The lowest BCUT2D eigenvalue weighted by atomic mass is 9.99. The van der Waals surface area contributed by atoms with E-state index in [1.165, 1.54) is 103 Å². The highest BCUT2D eigenvalue weighted by Crippen LogP contribution is 2.22. The van der Waals surface area contributed by atoms with Crippen LogP contribution in [0, 0.1) is 0 Å². The highest BCUT2D eigenvalue weighted by Gasteiger charge is 2.44. The smallest absolute Gasteiger partial charge is 0.306 e. The molecule has 0 aromatic carbocycles. The fourth-order valence-electron chi connectivity index (χ4n) is 5.66. The summed E-state index contributed by atoms with van der Waals surface area (Å²) in [6.45, 7) is 4.50. The molecule has 6 unspecified atom stereocenters. The first-order valence-electron chi connectivity index (χ1n) is 18.8. The van der Waals surface area contributed by atoms with E-state index in [4.69, 9.17) is 18.9 Å². The zero-order valence-electron chi connectivity index (χ0n) is 29.3. The van der Waals surface area contributed by atoms with Crippen molar-refractivity contribution in [1.29, 1.82) is 0 Å². The van der Waals surface area contributed by atoms with Gasteiger partial charge in [0.25, 0.3) is 0 Å². The van der Waals surface area contributed by atoms with Crippen LogP contribution in [0.25, 0.3) is 0 Å². The standard InChI is InChI=1S/C37H70O9/c1-3-5-7-9-11-13-14-15-16-17-19-21-23-25-27-43-29-31(30-44-37-36(42)35(41)34(40)32(28-38)46-37)45-33(39)26-24-22-20-18-12-10-8-6-4-2/h13-14,31-32,34-38,40-42H,3-12,15-30H2,1-2H3/b14-13-. The number of aliphatic hydroxyl groups excluding tert-OH is 4. The van der Waals surface area contributed by atoms with Crippen LogP contribution in [0.5, 0.6) is 0 Å². The Morgan fingerprint density at radius 2 is 1.20 bits per heavy atom. The molecule has 0 radical (unpaired) electrons. The van der Waals surface area contributed by atoms with E-state index in [0.717, 1.165) is 32.1 Å². The van der Waals surface area contributed by atoms with Gasteiger partial charge in [-0.25, -0.2) is 0 Å². The maximum Gasteiger partial charge on any atom is 0.306 e. The van der Waals surface area contributed by atoms with Gasteiger partial charge < -0.3 is 39.4 Å². The van der Waals surface area contributed by atoms with Crippen molar-refractivity contribution in [2.45, 2.75) is 192 Å². The Balaban J connectivity index is 2.33. The molecule has 272 valence electrons. The Morgan fingerprint density at radius 3 is 1.78 bits per heavy atom. The number of carbonyl (C=O) groups is 1. The van der Waals surface area contributed by atoms with Gasteiger partial charge in [-0.05, 0) is 38.5 Å². The molecule has 1 aliphatic rings. The molecule has 1 heterocycles. The summed E-state index contributed by atoms with van der Waals surface area (Å²) in [6.07, 6.45) is 22.4. The predicted octanol–water partition coefficient (Wildman–Crippen LogP) is 6.91. The Bertz CT molecular complexity index is 717. The van der Waals surface area contributed by atoms with Crippen LogP contribution in [-0.4, -0.2) is 89.6 Å². The number of unbranched alkanes of at least 4 members (excludes halogenated alkanes) is 18. The summed E-state index contributed by atoms with van der Waals surface area (Å²) in [5.41, 5.74) is 0. The largest absolute Gasteiger partial charge is 0.457 e. The summed E-state index contributed by atoms with van der Waals surface area (Å²) in [5, 5.41) is 39.8. The van der Waals surface area contributed by atoms with Crippen molar-refractivity contribution in [1.82, 2.24) is 0 Å². The molecule has 1 rings (SSSR count). The van der Waals surface area contributed by atoms with Crippen LogP contribution < -0.4 is 0 Å². The first-order valence-corrected chi connectivity index (χ1v) is 18.8. The zero-order valence-corrected chi connectivity index (χ0v) is 29.3. The molecule has 0 aliphatic carbocycles. The van der Waals surface area contributed by atoms with Crippen molar-refractivity contribution in [3.63, 3.8) is 0 Å². The minimum Gasteiger partial charge on any atom is -0.457 e. The van der Waals surface area contributed by atoms with Gasteiger partial charge in [0, 0.05) is 13.0 Å². The third kappa shape index (κ3) is 21.7. The molecule has 0 amide bonds. The molecule has 0 saturated carbocycles. The maximum atomic E-state index is 12.6. The Hall–Kier alpha value is -1.07. The molecule has 0 spiro atoms. The second kappa shape index (κ2) is 30.0. The van der Waals surface area contributed by atoms with Gasteiger partial charge >= 0.3 is 5.97 Å². The maximum absolute atomic E-state index is 12.6. The number of esters is 1. The van der Waals surface area contributed by atoms with E-state index in [9.17, 15) is 25.2 Å². The van der Waals surface area contributed by atoms with Crippen molar-refractivity contribution < 1.29 is 44.2 Å². The van der Waals surface area contributed by atoms with E-state index >= 15 is 0 Å². The summed E-state index contributed by atoms with van der Waals surface area (Å²) >= 11 is 0. The summed E-state index contributed by atoms with van der Waals surface area (Å²) in [4.78, 5) is 12.6. The number of allylic oxidation sites excluding steroid dienone is 2. The molecule has 9 nitrogen and oxygen atoms in total. The minimum atomic E-state index is -1.53. The molecule has 9 heteroatoms. The number of hydrogen-bond acceptors (Lipinski definition) is 9. The van der Waals surface area contributed by atoms with Crippen molar-refractivity contribution in [2.75, 3.05) is 26.4 Å². The molecule has 0 aromatic rings. The molecule has 46 heavy (non-hydrogen) atoms. The lowest BCUT2D eigenvalue weighted by molar-refractivity contribution is -0.305. The molecular weight excluding hydrogens is 588 g/mol. The van der Waals surface area contributed by atoms with Crippen LogP contribution >= 0.6 is 0 Å². The summed E-state index contributed by atoms with van der Waals surface area (Å²) in [7, 11) is 0. The van der Waals surface area contributed by atoms with Gasteiger partial charge in [0.1, 0.15) is 30.5 Å². The van der Waals surface area contributed by atoms with Crippen LogP contribution in [0.1, 0.15) is 155 Å². The second-order valence-electron chi connectivity index (χ2n) is 13.0. The van der Waals surface area contributed by atoms with Gasteiger partial charge in [0.15, 0.2) is 6.29 Å². The van der Waals surface area contributed by atoms with E-state index in [0.29, 0.717) is 13.0 Å². The minimum absolute atomic E-state index is 0.112. The SMILES string of the molecule is CCCCCC/C=C\CCCCCCCCOCC(COC1OC(CO)C(O)C(O)C1O)OC(=O)CCCCCCCCCCC. The second-order valence-corrected chi connectivity index (χ2v) is 13.0. The van der Waals surface area contributed by atoms with Crippen LogP contribution in [0.4, 0.5) is 0 Å². The topological polar surface area (TPSA) is 135 Å². The van der Waals surface area contributed by atoms with Gasteiger partial charge in [-0.15, -0.1) is 0 Å². The van der Waals surface area contributed by atoms with Crippen LogP contribution in [0.3, 0.4) is 0 Å². The third-order valence-corrected chi connectivity index (χ3v) is 8.68. The van der Waals surface area contributed by atoms with E-state index in [2.05, 4.69) is 26.0 Å². The lowest BCUT2D eigenvalue weighted by Gasteiger charge is -2.39. The van der Waals surface area contributed by atoms with E-state index in [-0.39, 0.29) is 19.2 Å². The van der Waals surface area contributed by atoms with E-state index in [1.807, 2.05) is 0 Å². The van der Waals surface area contributed by atoms with Crippen LogP contribution in [0.15, 0.2) is 12.2 Å². The number of ether oxygens (including phenoxy) is 4. The fraction of sp³-hybridized carbons (Fsp3) is 0.919. The molecule has 0 bridgehead atoms. The highest BCUT2D eigenvalue weighted by atomic mass is 16.7. The van der Waals surface area contributed by atoms with Crippen molar-refractivity contribution in [2.24, 2.45) is 0 Å². The first kappa shape index (κ1) is 43.0. The number of hydrogen-bond donors (Lipinski definition) is 4. The molecule has 4 N–H and O–H groups in total. The van der Waals surface area contributed by atoms with E-state index in [1.54, 1.807) is 0 Å². The lowest BCUT2D eigenvalue weighted by Crippen LogP contribution is -2.59. The van der Waals surface area contributed by atoms with Crippen molar-refractivity contribution >= 4 is 5.97 Å². The highest BCUT2D eigenvalue weighted by molar-refractivity contribution is 5.69. The van der Waals surface area contributed by atoms with E-state index < -0.39 is 43.4 Å². The number of rotatable bonds is 31. The third-order valence-electron chi connectivity index (χ3n) is 8.68. The molecule has 6 atom stereocenters. The average Bonchev–Trinajstić information content (AvgIpc) is 3.05. The van der Waals surface area contributed by atoms with Crippen molar-refractivity contribution in [3.8, 4) is 0 Å². The van der Waals surface area contributed by atoms with Crippen LogP contribution in [0.2, 0.25) is 0 Å². The normalized spacial score (nSPS) is 22.4. The zero-order chi connectivity index (χ0) is 33.7. The summed E-state index contributed by atoms with van der Waals surface area (Å²) in [5.74, 6) is -0.319. The van der Waals surface area contributed by atoms with Crippen molar-refractivity contribution in [3.05, 3.63) is 12.2 Å². The van der Waals surface area contributed by atoms with Crippen LogP contribution in [-0.2, 0) is 23.7 Å². The quantitative estimate of drug-likeness (QED) is 0.0356. The molecule has 1 saturated heterocycles. The van der Waals surface area contributed by atoms with Gasteiger partial charge in [-0.3, -0.25) is 4.79 Å². The summed E-state index contributed by atoms with van der Waals surface area (Å²) < 4.78 is 22.6. The fourth-order valence-corrected chi connectivity index (χ4v) is 5.66. The Morgan fingerprint density at radius 1 is 0.674 bits per heavy atom. The molecule has 0 aromatic heterocycles. The summed E-state index contributed by atoms with van der Waals surface area (Å²) in [6, 6.07) is 0. The van der Waals surface area contributed by atoms with Gasteiger partial charge in [0.05, 0.1) is 19.8 Å². The monoisotopic (exact) mass is 659 g/mol. The molecular formula is C37H70O9. The predicted molar refractivity (Wildman–Crippen MR) is 182 cm³/mol. The number of aliphatic hydroxyl groups is 4. The Labute approximate surface area is 280 Å². The Kier molecular flexibility index (Phi) is 28.0. The van der Waals surface area contributed by atoms with Gasteiger partial charge in [-0.2, -0.15) is 0 Å². The van der Waals surface area contributed by atoms with Gasteiger partial charge in [0.2, 0.25) is 0 Å². The number of carbonyl (C=O) groups excluding carboxylic acids is 1. The first-order chi connectivity index (χ1) is 22.4. The average molecular weight is 659 g/mol. The van der Waals surface area contributed by atoms with Gasteiger partial charge in [-0.1, -0.05) is 122 Å². The molecule has 1 fully saturated rings. The molecule has 1 aliphatic heterocycles.